The summed E-state index contributed by atoms with van der Waals surface area (Å²) in [6, 6.07) is 0.688. The number of carbonyl (C=O) groups excluding carboxylic acids is 1. The molecule has 0 radical (unpaired) electrons. The molecule has 0 aromatic heterocycles. The Balaban J connectivity index is 1.80. The standard InChI is InChI=1S/C13H24N2OS2/c1-3-15-8-11(6-13(15)16)7-14(2)12-9-17-4-5-18-10-12/h11-12H,3-10H2,1-2H3/t11-/m0/s1. The maximum atomic E-state index is 11.7. The Morgan fingerprint density at radius 3 is 2.56 bits per heavy atom. The molecule has 0 aliphatic carbocycles. The molecule has 0 unspecified atom stereocenters. The van der Waals surface area contributed by atoms with E-state index in [0.717, 1.165) is 26.1 Å². The number of thioether (sulfide) groups is 2. The summed E-state index contributed by atoms with van der Waals surface area (Å²) in [4.78, 5) is 16.2. The van der Waals surface area contributed by atoms with Crippen molar-refractivity contribution in [3.05, 3.63) is 0 Å². The van der Waals surface area contributed by atoms with Gasteiger partial charge in [-0.15, -0.1) is 0 Å². The van der Waals surface area contributed by atoms with E-state index in [1.54, 1.807) is 0 Å². The lowest BCUT2D eigenvalue weighted by Crippen LogP contribution is -2.39. The Labute approximate surface area is 119 Å². The number of carbonyl (C=O) groups is 1. The Morgan fingerprint density at radius 1 is 1.33 bits per heavy atom. The second-order valence-electron chi connectivity index (χ2n) is 5.25. The van der Waals surface area contributed by atoms with Crippen molar-refractivity contribution in [1.82, 2.24) is 9.80 Å². The maximum Gasteiger partial charge on any atom is 0.222 e. The summed E-state index contributed by atoms with van der Waals surface area (Å²) in [6.45, 7) is 4.98. The van der Waals surface area contributed by atoms with Gasteiger partial charge in [0.2, 0.25) is 5.91 Å². The summed E-state index contributed by atoms with van der Waals surface area (Å²) < 4.78 is 0. The van der Waals surface area contributed by atoms with Gasteiger partial charge in [0.15, 0.2) is 0 Å². The lowest BCUT2D eigenvalue weighted by Gasteiger charge is -2.28. The smallest absolute Gasteiger partial charge is 0.222 e. The van der Waals surface area contributed by atoms with Crippen molar-refractivity contribution in [1.29, 1.82) is 0 Å². The molecule has 2 heterocycles. The zero-order valence-corrected chi connectivity index (χ0v) is 13.1. The third-order valence-electron chi connectivity index (χ3n) is 3.84. The molecule has 0 spiro atoms. The van der Waals surface area contributed by atoms with E-state index in [-0.39, 0.29) is 0 Å². The van der Waals surface area contributed by atoms with Gasteiger partial charge in [-0.1, -0.05) is 0 Å². The van der Waals surface area contributed by atoms with Crippen LogP contribution in [0.2, 0.25) is 0 Å². The monoisotopic (exact) mass is 288 g/mol. The number of nitrogens with zero attached hydrogens (tertiary/aromatic N) is 2. The Bertz CT molecular complexity index is 280. The maximum absolute atomic E-state index is 11.7. The molecule has 18 heavy (non-hydrogen) atoms. The zero-order valence-electron chi connectivity index (χ0n) is 11.4. The van der Waals surface area contributed by atoms with E-state index in [1.165, 1.54) is 23.0 Å². The zero-order chi connectivity index (χ0) is 13.0. The third kappa shape index (κ3) is 3.81. The molecule has 2 aliphatic heterocycles. The molecule has 0 aromatic rings. The normalized spacial score (nSPS) is 26.9. The van der Waals surface area contributed by atoms with Crippen LogP contribution < -0.4 is 0 Å². The molecule has 0 aromatic carbocycles. The second-order valence-corrected chi connectivity index (χ2v) is 7.55. The van der Waals surface area contributed by atoms with Gasteiger partial charge >= 0.3 is 0 Å². The van der Waals surface area contributed by atoms with Crippen LogP contribution in [0.15, 0.2) is 0 Å². The van der Waals surface area contributed by atoms with Gasteiger partial charge in [-0.3, -0.25) is 4.79 Å². The van der Waals surface area contributed by atoms with Crippen LogP contribution in [0, 0.1) is 5.92 Å². The first kappa shape index (κ1) is 14.5. The van der Waals surface area contributed by atoms with E-state index < -0.39 is 0 Å². The quantitative estimate of drug-likeness (QED) is 0.784. The molecule has 1 atom stereocenters. The lowest BCUT2D eigenvalue weighted by atomic mass is 10.1. The predicted octanol–water partition coefficient (Wildman–Crippen LogP) is 1.64. The highest BCUT2D eigenvalue weighted by molar-refractivity contribution is 8.03. The molecule has 3 nitrogen and oxygen atoms in total. The van der Waals surface area contributed by atoms with Crippen molar-refractivity contribution < 1.29 is 4.79 Å². The summed E-state index contributed by atoms with van der Waals surface area (Å²) in [6.07, 6.45) is 0.755. The Kier molecular flexibility index (Phi) is 5.70. The van der Waals surface area contributed by atoms with Crippen molar-refractivity contribution in [2.75, 3.05) is 49.7 Å². The molecule has 0 N–H and O–H groups in total. The van der Waals surface area contributed by atoms with Crippen molar-refractivity contribution >= 4 is 29.4 Å². The molecular formula is C13H24N2OS2. The van der Waals surface area contributed by atoms with Crippen molar-refractivity contribution in [2.45, 2.75) is 19.4 Å². The van der Waals surface area contributed by atoms with E-state index >= 15 is 0 Å². The number of likely N-dealkylation sites (tertiary alicyclic amines) is 1. The molecule has 5 heteroatoms. The van der Waals surface area contributed by atoms with Gasteiger partial charge in [0.05, 0.1) is 0 Å². The van der Waals surface area contributed by atoms with E-state index in [9.17, 15) is 4.79 Å². The molecule has 1 amide bonds. The van der Waals surface area contributed by atoms with Gasteiger partial charge in [-0.2, -0.15) is 23.5 Å². The van der Waals surface area contributed by atoms with Crippen LogP contribution in [-0.2, 0) is 4.79 Å². The van der Waals surface area contributed by atoms with E-state index in [2.05, 4.69) is 42.4 Å². The summed E-state index contributed by atoms with van der Waals surface area (Å²) in [7, 11) is 2.23. The number of amides is 1. The van der Waals surface area contributed by atoms with E-state index in [1.807, 2.05) is 4.90 Å². The van der Waals surface area contributed by atoms with Crippen LogP contribution in [0.1, 0.15) is 13.3 Å². The van der Waals surface area contributed by atoms with Crippen LogP contribution in [0.4, 0.5) is 0 Å². The summed E-state index contributed by atoms with van der Waals surface area (Å²) >= 11 is 4.15. The van der Waals surface area contributed by atoms with E-state index in [4.69, 9.17) is 0 Å². The van der Waals surface area contributed by atoms with Crippen LogP contribution in [0.3, 0.4) is 0 Å². The minimum absolute atomic E-state index is 0.348. The largest absolute Gasteiger partial charge is 0.343 e. The summed E-state index contributed by atoms with van der Waals surface area (Å²) in [5.41, 5.74) is 0. The molecule has 2 rings (SSSR count). The van der Waals surface area contributed by atoms with Gasteiger partial charge in [0.1, 0.15) is 0 Å². The minimum Gasteiger partial charge on any atom is -0.343 e. The first-order valence-corrected chi connectivity index (χ1v) is 9.15. The predicted molar refractivity (Wildman–Crippen MR) is 81.4 cm³/mol. The number of rotatable bonds is 4. The number of hydrogen-bond acceptors (Lipinski definition) is 4. The van der Waals surface area contributed by atoms with Gasteiger partial charge in [-0.05, 0) is 19.9 Å². The highest BCUT2D eigenvalue weighted by Crippen LogP contribution is 2.23. The SMILES string of the molecule is CCN1C[C@H](CN(C)C2CSCCSC2)CC1=O. The van der Waals surface area contributed by atoms with Crippen molar-refractivity contribution in [2.24, 2.45) is 5.92 Å². The fourth-order valence-electron chi connectivity index (χ4n) is 2.70. The first-order valence-electron chi connectivity index (χ1n) is 6.84. The average Bonchev–Trinajstić information content (AvgIpc) is 2.58. The minimum atomic E-state index is 0.348. The fraction of sp³-hybridized carbons (Fsp3) is 0.923. The molecular weight excluding hydrogens is 264 g/mol. The highest BCUT2D eigenvalue weighted by Gasteiger charge is 2.30. The fourth-order valence-corrected chi connectivity index (χ4v) is 5.41. The molecule has 2 saturated heterocycles. The van der Waals surface area contributed by atoms with Crippen molar-refractivity contribution in [3.63, 3.8) is 0 Å². The van der Waals surface area contributed by atoms with E-state index in [0.29, 0.717) is 17.9 Å². The highest BCUT2D eigenvalue weighted by atomic mass is 32.2. The van der Waals surface area contributed by atoms with Crippen molar-refractivity contribution in [3.8, 4) is 0 Å². The van der Waals surface area contributed by atoms with Gasteiger partial charge in [-0.25, -0.2) is 0 Å². The van der Waals surface area contributed by atoms with Gasteiger partial charge in [0.25, 0.3) is 0 Å². The van der Waals surface area contributed by atoms with Crippen LogP contribution in [-0.4, -0.2) is 71.4 Å². The molecule has 0 bridgehead atoms. The van der Waals surface area contributed by atoms with Crippen LogP contribution in [0.5, 0.6) is 0 Å². The summed E-state index contributed by atoms with van der Waals surface area (Å²) in [5.74, 6) is 5.98. The van der Waals surface area contributed by atoms with Crippen LogP contribution in [0.25, 0.3) is 0 Å². The molecule has 2 aliphatic rings. The number of hydrogen-bond donors (Lipinski definition) is 0. The topological polar surface area (TPSA) is 23.6 Å². The third-order valence-corrected chi connectivity index (χ3v) is 6.32. The average molecular weight is 288 g/mol. The summed E-state index contributed by atoms with van der Waals surface area (Å²) in [5, 5.41) is 0. The van der Waals surface area contributed by atoms with Gasteiger partial charge < -0.3 is 9.80 Å². The molecule has 104 valence electrons. The Hall–Kier alpha value is 0.130. The van der Waals surface area contributed by atoms with Crippen LogP contribution >= 0.6 is 23.5 Å². The second kappa shape index (κ2) is 7.06. The lowest BCUT2D eigenvalue weighted by molar-refractivity contribution is -0.127. The van der Waals surface area contributed by atoms with Gasteiger partial charge in [0, 0.05) is 55.1 Å². The first-order chi connectivity index (χ1) is 8.70. The Morgan fingerprint density at radius 2 is 2.00 bits per heavy atom. The molecule has 2 fully saturated rings. The molecule has 0 saturated carbocycles.